The Morgan fingerprint density at radius 1 is 1.60 bits per heavy atom. The Balaban J connectivity index is 2.54. The Morgan fingerprint density at radius 3 is 1.80 bits per heavy atom. The van der Waals surface area contributed by atoms with Crippen LogP contribution in [0.2, 0.25) is 0 Å². The van der Waals surface area contributed by atoms with Gasteiger partial charge in [-0.1, -0.05) is 0 Å². The Bertz CT molecular complexity index is 23.6. The molecule has 0 amide bonds. The fraction of sp³-hybridized carbons (Fsp3) is 1.00. The van der Waals surface area contributed by atoms with E-state index in [9.17, 15) is 4.20 Å². The lowest BCUT2D eigenvalue weighted by Crippen LogP contribution is -1.91. The molecule has 0 N–H and O–H groups in total. The van der Waals surface area contributed by atoms with Crippen molar-refractivity contribution >= 4 is 9.04 Å². The maximum atomic E-state index is 11.1. The van der Waals surface area contributed by atoms with E-state index in [1.807, 2.05) is 0 Å². The smallest absolute Gasteiger partial charge is 0.141 e. The summed E-state index contributed by atoms with van der Waals surface area (Å²) in [5.41, 5.74) is 0. The van der Waals surface area contributed by atoms with Gasteiger partial charge in [-0.2, -0.15) is 0 Å². The number of halogens is 1. The topological polar surface area (TPSA) is 3.24 Å². The lowest BCUT2D eigenvalue weighted by Gasteiger charge is -1.95. The summed E-state index contributed by atoms with van der Waals surface area (Å²) in [5.74, 6) is 0. The van der Waals surface area contributed by atoms with Gasteiger partial charge >= 0.3 is 0 Å². The van der Waals surface area contributed by atoms with Gasteiger partial charge in [-0.15, -0.1) is 0 Å². The monoisotopic (exact) mass is 95.0 g/mol. The summed E-state index contributed by atoms with van der Waals surface area (Å²) in [5, 5.41) is 0. The van der Waals surface area contributed by atoms with Gasteiger partial charge in [0.05, 0.1) is 0 Å². The molecule has 5 heavy (non-hydrogen) atoms. The van der Waals surface area contributed by atoms with Crippen LogP contribution in [-0.2, 0) is 0 Å². The molecular weight excluding hydrogens is 88.0 g/mol. The maximum Gasteiger partial charge on any atom is 0.141 e. The molecule has 0 aliphatic rings. The highest BCUT2D eigenvalue weighted by Gasteiger charge is 1.76. The standard InChI is InChI=1S/C2H7FNP/c1-4(2)5-3/h5H,1-2H3. The zero-order valence-electron chi connectivity index (χ0n) is 3.33. The molecule has 1 nitrogen and oxygen atoms in total. The summed E-state index contributed by atoms with van der Waals surface area (Å²) in [4.78, 5) is 0. The summed E-state index contributed by atoms with van der Waals surface area (Å²) >= 11 is 0. The molecule has 0 saturated heterocycles. The minimum absolute atomic E-state index is 0.552. The van der Waals surface area contributed by atoms with Crippen molar-refractivity contribution in [3.63, 3.8) is 0 Å². The van der Waals surface area contributed by atoms with Crippen LogP contribution >= 0.6 is 9.04 Å². The fourth-order valence-electron chi connectivity index (χ4n) is 0. The highest BCUT2D eigenvalue weighted by atomic mass is 31.1. The minimum atomic E-state index is -0.552. The van der Waals surface area contributed by atoms with Gasteiger partial charge in [0.15, 0.2) is 0 Å². The largest absolute Gasteiger partial charge is 0.265 e. The first-order valence-corrected chi connectivity index (χ1v) is 2.13. The Kier molecular flexibility index (Phi) is 2.71. The predicted octanol–water partition coefficient (Wildman–Crippen LogP) is 1.03. The van der Waals surface area contributed by atoms with Crippen molar-refractivity contribution in [1.82, 2.24) is 4.67 Å². The molecule has 0 aliphatic carbocycles. The average Bonchev–Trinajstić information content (AvgIpc) is 1.38. The van der Waals surface area contributed by atoms with Crippen LogP contribution in [0.15, 0.2) is 0 Å². The zero-order valence-corrected chi connectivity index (χ0v) is 4.33. The minimum Gasteiger partial charge on any atom is -0.265 e. The molecule has 0 aromatic heterocycles. The van der Waals surface area contributed by atoms with Gasteiger partial charge in [0.25, 0.3) is 0 Å². The van der Waals surface area contributed by atoms with Crippen molar-refractivity contribution in [1.29, 1.82) is 0 Å². The van der Waals surface area contributed by atoms with Gasteiger partial charge < -0.3 is 0 Å². The lowest BCUT2D eigenvalue weighted by atomic mass is 11.3. The van der Waals surface area contributed by atoms with Crippen LogP contribution in [0.3, 0.4) is 0 Å². The first kappa shape index (κ1) is 5.32. The molecule has 0 heterocycles. The normalized spacial score (nSPS) is 12.0. The van der Waals surface area contributed by atoms with E-state index in [2.05, 4.69) is 0 Å². The molecule has 0 spiro atoms. The summed E-state index contributed by atoms with van der Waals surface area (Å²) in [7, 11) is 2.83. The first-order chi connectivity index (χ1) is 2.27. The Hall–Kier alpha value is 0.320. The van der Waals surface area contributed by atoms with Crippen LogP contribution in [-0.4, -0.2) is 18.8 Å². The van der Waals surface area contributed by atoms with E-state index in [-0.39, 0.29) is 0 Å². The van der Waals surface area contributed by atoms with Crippen LogP contribution in [0, 0.1) is 0 Å². The van der Waals surface area contributed by atoms with Crippen molar-refractivity contribution < 1.29 is 4.20 Å². The second kappa shape index (κ2) is 2.55. The highest BCUT2D eigenvalue weighted by Crippen LogP contribution is 2.10. The second-order valence-electron chi connectivity index (χ2n) is 0.979. The van der Waals surface area contributed by atoms with Crippen molar-refractivity contribution in [3.8, 4) is 0 Å². The molecule has 0 aliphatic heterocycles. The second-order valence-corrected chi connectivity index (χ2v) is 2.04. The molecule has 1 atom stereocenters. The third kappa shape index (κ3) is 4.32. The van der Waals surface area contributed by atoms with Gasteiger partial charge in [-0.25, -0.2) is 4.20 Å². The molecule has 1 unspecified atom stereocenters. The van der Waals surface area contributed by atoms with Crippen LogP contribution in [0.1, 0.15) is 0 Å². The van der Waals surface area contributed by atoms with Gasteiger partial charge in [-0.3, -0.25) is 4.67 Å². The maximum absolute atomic E-state index is 11.1. The van der Waals surface area contributed by atoms with E-state index in [0.29, 0.717) is 0 Å². The molecule has 32 valence electrons. The van der Waals surface area contributed by atoms with E-state index in [0.717, 1.165) is 0 Å². The van der Waals surface area contributed by atoms with Gasteiger partial charge in [-0.05, 0) is 14.1 Å². The molecule has 0 rings (SSSR count). The molecule has 0 fully saturated rings. The van der Waals surface area contributed by atoms with E-state index in [1.165, 1.54) is 4.67 Å². The zero-order chi connectivity index (χ0) is 4.28. The number of hydrogen-bond donors (Lipinski definition) is 0. The van der Waals surface area contributed by atoms with Crippen LogP contribution in [0.5, 0.6) is 0 Å². The number of rotatable bonds is 1. The van der Waals surface area contributed by atoms with Crippen molar-refractivity contribution in [2.45, 2.75) is 0 Å². The van der Waals surface area contributed by atoms with Crippen LogP contribution in [0.25, 0.3) is 0 Å². The molecule has 0 aromatic carbocycles. The van der Waals surface area contributed by atoms with Gasteiger partial charge in [0.1, 0.15) is 9.04 Å². The molecule has 0 saturated carbocycles. The lowest BCUT2D eigenvalue weighted by molar-refractivity contribution is 0.647. The third-order valence-corrected chi connectivity index (χ3v) is 0.507. The van der Waals surface area contributed by atoms with Gasteiger partial charge in [0.2, 0.25) is 0 Å². The van der Waals surface area contributed by atoms with Crippen molar-refractivity contribution in [2.24, 2.45) is 0 Å². The Morgan fingerprint density at radius 2 is 1.80 bits per heavy atom. The summed E-state index contributed by atoms with van der Waals surface area (Å²) in [6, 6.07) is 0. The van der Waals surface area contributed by atoms with E-state index < -0.39 is 9.04 Å². The molecule has 0 radical (unpaired) electrons. The molecule has 0 bridgehead atoms. The summed E-state index contributed by atoms with van der Waals surface area (Å²) < 4.78 is 12.6. The third-order valence-electron chi connectivity index (χ3n) is 0.169. The molecular formula is C2H7FNP. The number of hydrogen-bond acceptors (Lipinski definition) is 1. The highest BCUT2D eigenvalue weighted by molar-refractivity contribution is 7.28. The SMILES string of the molecule is CN(C)PF. The Labute approximate surface area is 33.1 Å². The first-order valence-electron chi connectivity index (χ1n) is 1.31. The predicted molar refractivity (Wildman–Crippen MR) is 23.1 cm³/mol. The average molecular weight is 95.1 g/mol. The molecule has 0 aromatic rings. The quantitative estimate of drug-likeness (QED) is 0.439. The van der Waals surface area contributed by atoms with Crippen LogP contribution < -0.4 is 0 Å². The van der Waals surface area contributed by atoms with Crippen molar-refractivity contribution in [3.05, 3.63) is 0 Å². The molecule has 3 heteroatoms. The number of nitrogens with zero attached hydrogens (tertiary/aromatic N) is 1. The van der Waals surface area contributed by atoms with Gasteiger partial charge in [0, 0.05) is 0 Å². The van der Waals surface area contributed by atoms with Crippen LogP contribution in [0.4, 0.5) is 4.20 Å². The van der Waals surface area contributed by atoms with E-state index >= 15 is 0 Å². The van der Waals surface area contributed by atoms with Crippen molar-refractivity contribution in [2.75, 3.05) is 14.1 Å². The summed E-state index contributed by atoms with van der Waals surface area (Å²) in [6.07, 6.45) is 0. The van der Waals surface area contributed by atoms with E-state index in [4.69, 9.17) is 0 Å². The fourth-order valence-corrected chi connectivity index (χ4v) is 0. The van der Waals surface area contributed by atoms with E-state index in [1.54, 1.807) is 14.1 Å². The summed E-state index contributed by atoms with van der Waals surface area (Å²) in [6.45, 7) is 0.